The van der Waals surface area contributed by atoms with Gasteiger partial charge in [0, 0.05) is 30.6 Å². The highest BCUT2D eigenvalue weighted by molar-refractivity contribution is 7.10. The van der Waals surface area contributed by atoms with E-state index in [9.17, 15) is 9.90 Å². The number of carbonyl (C=O) groups excluding carboxylic acids is 1. The number of hydrogen-bond acceptors (Lipinski definition) is 5. The number of aliphatic hydroxyl groups is 1. The number of carbonyl (C=O) groups is 1. The van der Waals surface area contributed by atoms with Gasteiger partial charge in [0.15, 0.2) is 0 Å². The average molecular weight is 372 g/mol. The number of thiophene rings is 1. The summed E-state index contributed by atoms with van der Waals surface area (Å²) in [6, 6.07) is 11.5. The summed E-state index contributed by atoms with van der Waals surface area (Å²) in [6.45, 7) is 4.11. The molecule has 1 atom stereocenters. The van der Waals surface area contributed by atoms with Crippen molar-refractivity contribution in [3.8, 4) is 0 Å². The third kappa shape index (κ3) is 5.51. The van der Waals surface area contributed by atoms with Crippen LogP contribution in [0.25, 0.3) is 6.08 Å². The molecule has 26 heavy (non-hydrogen) atoms. The Morgan fingerprint density at radius 2 is 2.15 bits per heavy atom. The van der Waals surface area contributed by atoms with Crippen LogP contribution in [0.1, 0.15) is 22.0 Å². The Kier molecular flexibility index (Phi) is 6.96. The fourth-order valence-corrected chi connectivity index (χ4v) is 3.54. The third-order valence-electron chi connectivity index (χ3n) is 4.30. The van der Waals surface area contributed by atoms with Crippen molar-refractivity contribution in [2.45, 2.75) is 12.6 Å². The van der Waals surface area contributed by atoms with E-state index < -0.39 is 6.04 Å². The maximum Gasteiger partial charge on any atom is 0.244 e. The van der Waals surface area contributed by atoms with Gasteiger partial charge in [-0.25, -0.2) is 0 Å². The Morgan fingerprint density at radius 3 is 2.88 bits per heavy atom. The Bertz CT molecular complexity index is 724. The van der Waals surface area contributed by atoms with Gasteiger partial charge in [-0.3, -0.25) is 9.69 Å². The molecule has 1 unspecified atom stereocenters. The largest absolute Gasteiger partial charge is 0.394 e. The predicted molar refractivity (Wildman–Crippen MR) is 104 cm³/mol. The van der Waals surface area contributed by atoms with E-state index in [-0.39, 0.29) is 12.5 Å². The van der Waals surface area contributed by atoms with E-state index in [2.05, 4.69) is 22.3 Å². The van der Waals surface area contributed by atoms with Crippen molar-refractivity contribution in [2.75, 3.05) is 32.9 Å². The van der Waals surface area contributed by atoms with E-state index in [1.54, 1.807) is 17.4 Å². The molecule has 0 radical (unpaired) electrons. The Hall–Kier alpha value is -1.99. The lowest BCUT2D eigenvalue weighted by Gasteiger charge is -2.27. The van der Waals surface area contributed by atoms with Crippen LogP contribution in [-0.4, -0.2) is 48.8 Å². The zero-order chi connectivity index (χ0) is 18.2. The second-order valence-corrected chi connectivity index (χ2v) is 7.21. The lowest BCUT2D eigenvalue weighted by atomic mass is 10.0. The van der Waals surface area contributed by atoms with Gasteiger partial charge in [0.05, 0.1) is 25.9 Å². The number of ether oxygens (including phenoxy) is 1. The molecule has 1 fully saturated rings. The van der Waals surface area contributed by atoms with Crippen molar-refractivity contribution >= 4 is 23.3 Å². The second kappa shape index (κ2) is 9.64. The fraction of sp³-hybridized carbons (Fsp3) is 0.350. The van der Waals surface area contributed by atoms with Crippen LogP contribution in [0, 0.1) is 0 Å². The van der Waals surface area contributed by atoms with Crippen LogP contribution in [0.15, 0.2) is 47.9 Å². The van der Waals surface area contributed by atoms with Crippen LogP contribution in [0.5, 0.6) is 0 Å². The van der Waals surface area contributed by atoms with Gasteiger partial charge in [-0.15, -0.1) is 11.3 Å². The van der Waals surface area contributed by atoms with E-state index in [0.29, 0.717) is 0 Å². The van der Waals surface area contributed by atoms with Crippen LogP contribution >= 0.6 is 11.3 Å². The zero-order valence-electron chi connectivity index (χ0n) is 14.6. The highest BCUT2D eigenvalue weighted by atomic mass is 32.1. The topological polar surface area (TPSA) is 61.8 Å². The molecule has 3 rings (SSSR count). The number of benzene rings is 1. The van der Waals surface area contributed by atoms with Crippen LogP contribution in [0.2, 0.25) is 0 Å². The molecule has 0 spiro atoms. The highest BCUT2D eigenvalue weighted by Crippen LogP contribution is 2.17. The summed E-state index contributed by atoms with van der Waals surface area (Å²) in [5, 5.41) is 14.6. The zero-order valence-corrected chi connectivity index (χ0v) is 15.5. The molecule has 0 bridgehead atoms. The number of aliphatic hydroxyl groups excluding tert-OH is 1. The van der Waals surface area contributed by atoms with Gasteiger partial charge in [0.1, 0.15) is 0 Å². The fourth-order valence-electron chi connectivity index (χ4n) is 2.92. The highest BCUT2D eigenvalue weighted by Gasteiger charge is 2.15. The summed E-state index contributed by atoms with van der Waals surface area (Å²) in [5.41, 5.74) is 2.09. The van der Waals surface area contributed by atoms with Crippen molar-refractivity contribution < 1.29 is 14.6 Å². The Labute approximate surface area is 157 Å². The first-order valence-corrected chi connectivity index (χ1v) is 9.64. The van der Waals surface area contributed by atoms with Crippen molar-refractivity contribution in [1.29, 1.82) is 0 Å². The minimum atomic E-state index is -0.417. The number of rotatable bonds is 7. The summed E-state index contributed by atoms with van der Waals surface area (Å²) in [6.07, 6.45) is 3.29. The van der Waals surface area contributed by atoms with Gasteiger partial charge in [0.25, 0.3) is 0 Å². The average Bonchev–Trinajstić information content (AvgIpc) is 3.19. The van der Waals surface area contributed by atoms with Crippen molar-refractivity contribution in [3.05, 3.63) is 63.9 Å². The molecule has 2 heterocycles. The van der Waals surface area contributed by atoms with Gasteiger partial charge in [-0.05, 0) is 28.6 Å². The first kappa shape index (κ1) is 18.8. The van der Waals surface area contributed by atoms with Crippen LogP contribution in [0.3, 0.4) is 0 Å². The predicted octanol–water partition coefficient (Wildman–Crippen LogP) is 2.44. The van der Waals surface area contributed by atoms with Crippen LogP contribution in [0.4, 0.5) is 0 Å². The normalized spacial score (nSPS) is 16.7. The van der Waals surface area contributed by atoms with Gasteiger partial charge in [-0.1, -0.05) is 30.3 Å². The van der Waals surface area contributed by atoms with Crippen molar-refractivity contribution in [2.24, 2.45) is 0 Å². The first-order valence-electron chi connectivity index (χ1n) is 8.76. The standard InChI is InChI=1S/C20H24N2O3S/c23-15-19(21-20(24)7-6-18-5-2-12-26-18)17-4-1-3-16(13-17)14-22-8-10-25-11-9-22/h1-7,12-13,19,23H,8-11,14-15H2,(H,21,24)/b7-6+. The van der Waals surface area contributed by atoms with E-state index >= 15 is 0 Å². The molecule has 1 aliphatic heterocycles. The summed E-state index contributed by atoms with van der Waals surface area (Å²) in [5.74, 6) is -0.212. The molecule has 0 saturated carbocycles. The maximum absolute atomic E-state index is 12.2. The van der Waals surface area contributed by atoms with Crippen molar-refractivity contribution in [1.82, 2.24) is 10.2 Å². The van der Waals surface area contributed by atoms with Crippen LogP contribution in [-0.2, 0) is 16.1 Å². The molecule has 138 valence electrons. The Morgan fingerprint density at radius 1 is 1.31 bits per heavy atom. The molecule has 6 heteroatoms. The van der Waals surface area contributed by atoms with E-state index in [1.165, 1.54) is 11.6 Å². The lowest BCUT2D eigenvalue weighted by molar-refractivity contribution is -0.117. The number of nitrogens with zero attached hydrogens (tertiary/aromatic N) is 1. The summed E-state index contributed by atoms with van der Waals surface area (Å²) in [7, 11) is 0. The molecular formula is C20H24N2O3S. The molecule has 0 aliphatic carbocycles. The lowest BCUT2D eigenvalue weighted by Crippen LogP contribution is -2.35. The van der Waals surface area contributed by atoms with Gasteiger partial charge >= 0.3 is 0 Å². The van der Waals surface area contributed by atoms with E-state index in [4.69, 9.17) is 4.74 Å². The molecule has 1 aliphatic rings. The second-order valence-electron chi connectivity index (χ2n) is 6.23. The number of hydrogen-bond donors (Lipinski definition) is 2. The van der Waals surface area contributed by atoms with Crippen LogP contribution < -0.4 is 5.32 Å². The summed E-state index contributed by atoms with van der Waals surface area (Å²) >= 11 is 1.57. The molecule has 1 aromatic heterocycles. The number of amides is 1. The minimum Gasteiger partial charge on any atom is -0.394 e. The number of morpholine rings is 1. The molecule has 2 aromatic rings. The molecule has 1 saturated heterocycles. The summed E-state index contributed by atoms with van der Waals surface area (Å²) < 4.78 is 5.38. The molecule has 2 N–H and O–H groups in total. The smallest absolute Gasteiger partial charge is 0.244 e. The Balaban J connectivity index is 1.61. The number of nitrogens with one attached hydrogen (secondary N) is 1. The SMILES string of the molecule is O=C(/C=C/c1cccs1)NC(CO)c1cccc(CN2CCOCC2)c1. The van der Waals surface area contributed by atoms with E-state index in [1.807, 2.05) is 29.6 Å². The van der Waals surface area contributed by atoms with Gasteiger partial charge in [-0.2, -0.15) is 0 Å². The quantitative estimate of drug-likeness (QED) is 0.733. The molecule has 1 amide bonds. The monoisotopic (exact) mass is 372 g/mol. The maximum atomic E-state index is 12.2. The van der Waals surface area contributed by atoms with Gasteiger partial charge < -0.3 is 15.2 Å². The van der Waals surface area contributed by atoms with Gasteiger partial charge in [0.2, 0.25) is 5.91 Å². The molecule has 1 aromatic carbocycles. The molecular weight excluding hydrogens is 348 g/mol. The minimum absolute atomic E-state index is 0.139. The third-order valence-corrected chi connectivity index (χ3v) is 5.14. The molecule has 5 nitrogen and oxygen atoms in total. The van der Waals surface area contributed by atoms with Crippen molar-refractivity contribution in [3.63, 3.8) is 0 Å². The summed E-state index contributed by atoms with van der Waals surface area (Å²) in [4.78, 5) is 15.5. The first-order chi connectivity index (χ1) is 12.7. The van der Waals surface area contributed by atoms with E-state index in [0.717, 1.165) is 43.3 Å².